The van der Waals surface area contributed by atoms with E-state index in [2.05, 4.69) is 60.6 Å². The van der Waals surface area contributed by atoms with Gasteiger partial charge < -0.3 is 84.2 Å². The summed E-state index contributed by atoms with van der Waals surface area (Å²) in [4.78, 5) is 0. The molecule has 4 heterocycles. The fourth-order valence-corrected chi connectivity index (χ4v) is 15.7. The number of aliphatic hydroxyl groups excluding tert-OH is 10. The van der Waals surface area contributed by atoms with Crippen LogP contribution >= 0.6 is 0 Å². The molecule has 9 rings (SSSR count). The van der Waals surface area contributed by atoms with Gasteiger partial charge in [0.05, 0.1) is 43.7 Å². The highest BCUT2D eigenvalue weighted by molar-refractivity contribution is 5.36. The predicted molar refractivity (Wildman–Crippen MR) is 228 cm³/mol. The van der Waals surface area contributed by atoms with Gasteiger partial charge in [0.25, 0.3) is 0 Å². The number of hydrogen-bond acceptors (Lipinski definition) is 17. The second-order valence-electron chi connectivity index (χ2n) is 24.0. The van der Waals surface area contributed by atoms with Crippen molar-refractivity contribution in [1.29, 1.82) is 0 Å². The summed E-state index contributed by atoms with van der Waals surface area (Å²) in [5.74, 6) is 0.593. The lowest BCUT2D eigenvalue weighted by molar-refractivity contribution is -0.374. The minimum Gasteiger partial charge on any atom is -0.394 e. The fraction of sp³-hybridized carbons (Fsp3) is 0.958. The summed E-state index contributed by atoms with van der Waals surface area (Å²) in [5.41, 5.74) is -1.61. The first-order valence-electron chi connectivity index (χ1n) is 24.3. The molecular weight excluding hydrogens is 849 g/mol. The molecule has 8 fully saturated rings. The van der Waals surface area contributed by atoms with Crippen LogP contribution in [0.5, 0.6) is 0 Å². The van der Waals surface area contributed by atoms with Gasteiger partial charge in [0.15, 0.2) is 18.9 Å². The van der Waals surface area contributed by atoms with E-state index in [1.807, 2.05) is 0 Å². The summed E-state index contributed by atoms with van der Waals surface area (Å²) in [6.07, 6.45) is -12.0. The van der Waals surface area contributed by atoms with Gasteiger partial charge in [0.2, 0.25) is 0 Å². The van der Waals surface area contributed by atoms with E-state index >= 15 is 0 Å². The third-order valence-electron chi connectivity index (χ3n) is 19.9. The first-order chi connectivity index (χ1) is 30.3. The monoisotopic (exact) mass is 927 g/mol. The van der Waals surface area contributed by atoms with Crippen molar-refractivity contribution in [1.82, 2.24) is 0 Å². The SMILES string of the molecule is CC1OC(OC2C(COC3OC(CO)C(O)C(O)C3O)OC(OC3CC[C@]4(C)C(CC[C@@]5(C)C4C=C[C@]46OC[C@@]7(CCC(C)(C)CC74)C(O)C[C@@]56C)C3(C)C)C(O)C2O)C(O)C(O)C1O. The van der Waals surface area contributed by atoms with E-state index in [0.29, 0.717) is 19.4 Å². The number of hydrogen-bond donors (Lipinski definition) is 10. The van der Waals surface area contributed by atoms with Crippen molar-refractivity contribution in [2.45, 2.75) is 217 Å². The summed E-state index contributed by atoms with van der Waals surface area (Å²) in [5, 5.41) is 109. The molecule has 2 bridgehead atoms. The van der Waals surface area contributed by atoms with Gasteiger partial charge in [0, 0.05) is 16.7 Å². The van der Waals surface area contributed by atoms with Crippen LogP contribution in [-0.2, 0) is 33.2 Å². The highest BCUT2D eigenvalue weighted by atomic mass is 16.8. The third-order valence-corrected chi connectivity index (χ3v) is 19.9. The van der Waals surface area contributed by atoms with E-state index in [0.717, 1.165) is 38.5 Å². The normalized spacial score (nSPS) is 58.0. The molecule has 1 spiro atoms. The van der Waals surface area contributed by atoms with Crippen LogP contribution in [0.25, 0.3) is 0 Å². The molecule has 9 aliphatic rings. The molecule has 0 aromatic carbocycles. The Bertz CT molecular complexity index is 1780. The third kappa shape index (κ3) is 7.09. The van der Waals surface area contributed by atoms with Crippen molar-refractivity contribution in [2.75, 3.05) is 19.8 Å². The number of aliphatic hydroxyl groups is 10. The van der Waals surface area contributed by atoms with Crippen molar-refractivity contribution in [3.05, 3.63) is 12.2 Å². The predicted octanol–water partition coefficient (Wildman–Crippen LogP) is 0.629. The molecule has 5 aliphatic carbocycles. The van der Waals surface area contributed by atoms with E-state index in [4.69, 9.17) is 33.2 Å². The van der Waals surface area contributed by atoms with Gasteiger partial charge in [-0.3, -0.25) is 0 Å². The van der Waals surface area contributed by atoms with Gasteiger partial charge in [0.1, 0.15) is 67.1 Å². The molecule has 372 valence electrons. The molecule has 17 nitrogen and oxygen atoms in total. The molecule has 0 aromatic rings. The van der Waals surface area contributed by atoms with Gasteiger partial charge >= 0.3 is 0 Å². The van der Waals surface area contributed by atoms with Crippen LogP contribution in [0.1, 0.15) is 107 Å². The summed E-state index contributed by atoms with van der Waals surface area (Å²) < 4.78 is 43.5. The van der Waals surface area contributed by atoms with Gasteiger partial charge in [-0.15, -0.1) is 0 Å². The van der Waals surface area contributed by atoms with Crippen molar-refractivity contribution in [2.24, 2.45) is 50.2 Å². The zero-order chi connectivity index (χ0) is 47.2. The van der Waals surface area contributed by atoms with E-state index in [-0.39, 0.29) is 44.8 Å². The maximum Gasteiger partial charge on any atom is 0.187 e. The zero-order valence-corrected chi connectivity index (χ0v) is 39.3. The summed E-state index contributed by atoms with van der Waals surface area (Å²) in [7, 11) is 0. The number of allylic oxidation sites excluding steroid dienone is 1. The van der Waals surface area contributed by atoms with Crippen LogP contribution < -0.4 is 0 Å². The highest BCUT2D eigenvalue weighted by Crippen LogP contribution is 2.79. The summed E-state index contributed by atoms with van der Waals surface area (Å²) in [6.45, 7) is 17.2. The average Bonchev–Trinajstić information content (AvgIpc) is 3.52. The largest absolute Gasteiger partial charge is 0.394 e. The Morgan fingerprint density at radius 2 is 1.28 bits per heavy atom. The summed E-state index contributed by atoms with van der Waals surface area (Å²) >= 11 is 0. The number of ether oxygens (including phenoxy) is 7. The Morgan fingerprint density at radius 1 is 0.631 bits per heavy atom. The van der Waals surface area contributed by atoms with E-state index in [1.54, 1.807) is 0 Å². The number of fused-ring (bicyclic) bond motifs is 4. The second kappa shape index (κ2) is 16.6. The molecule has 4 saturated carbocycles. The lowest BCUT2D eigenvalue weighted by atomic mass is 9.32. The van der Waals surface area contributed by atoms with Gasteiger partial charge in [-0.25, -0.2) is 0 Å². The van der Waals surface area contributed by atoms with E-state index in [1.165, 1.54) is 6.92 Å². The molecule has 4 aliphatic heterocycles. The van der Waals surface area contributed by atoms with Gasteiger partial charge in [-0.1, -0.05) is 60.6 Å². The Labute approximate surface area is 382 Å². The lowest BCUT2D eigenvalue weighted by Crippen LogP contribution is -2.72. The Hall–Kier alpha value is -0.940. The van der Waals surface area contributed by atoms with Crippen molar-refractivity contribution >= 4 is 0 Å². The Balaban J connectivity index is 0.958. The quantitative estimate of drug-likeness (QED) is 0.118. The van der Waals surface area contributed by atoms with E-state index < -0.39 is 129 Å². The van der Waals surface area contributed by atoms with Crippen LogP contribution in [0, 0.1) is 50.2 Å². The molecule has 0 radical (unpaired) electrons. The van der Waals surface area contributed by atoms with Crippen LogP contribution in [0.15, 0.2) is 12.2 Å². The van der Waals surface area contributed by atoms with Gasteiger partial charge in [-0.2, -0.15) is 0 Å². The smallest absolute Gasteiger partial charge is 0.187 e. The topological polar surface area (TPSA) is 267 Å². The first kappa shape index (κ1) is 49.1. The lowest BCUT2D eigenvalue weighted by Gasteiger charge is -2.73. The fourth-order valence-electron chi connectivity index (χ4n) is 15.7. The molecule has 17 heteroatoms. The van der Waals surface area contributed by atoms with Crippen molar-refractivity contribution in [3.8, 4) is 0 Å². The van der Waals surface area contributed by atoms with Crippen LogP contribution in [0.3, 0.4) is 0 Å². The molecule has 10 N–H and O–H groups in total. The highest BCUT2D eigenvalue weighted by Gasteiger charge is 2.79. The standard InChI is InChI=1S/C48H78O17/c1-22-30(51)32(53)36(57)40(61-22)65-38-24(20-59-39-35(56)33(54)31(52)23(19-49)62-39)63-41(37(58)34(38)55)64-29-11-12-44(6)25(43(29,4)5)9-13-45(7)26(44)10-14-48-27-17-42(2,3)15-16-47(27,21-60-48)28(50)18-46(45,48)8/h10,14,22-41,49-58H,9,11-13,15-21H2,1-8H3/t22?,23?,24?,25?,26?,27?,28?,29?,30?,31?,32?,33?,34?,35?,36?,37?,38?,39?,40?,41?,44-,45+,46+,47-,48+/m1/s1. The molecular formula is C48H78O17. The first-order valence-corrected chi connectivity index (χ1v) is 24.3. The van der Waals surface area contributed by atoms with E-state index in [9.17, 15) is 51.1 Å². The van der Waals surface area contributed by atoms with Gasteiger partial charge in [-0.05, 0) is 91.8 Å². The van der Waals surface area contributed by atoms with Crippen LogP contribution in [-0.4, -0.2) is 181 Å². The molecule has 20 unspecified atom stereocenters. The molecule has 25 atom stereocenters. The molecule has 0 amide bonds. The van der Waals surface area contributed by atoms with Crippen LogP contribution in [0.4, 0.5) is 0 Å². The average molecular weight is 927 g/mol. The molecule has 65 heavy (non-hydrogen) atoms. The van der Waals surface area contributed by atoms with Crippen molar-refractivity contribution in [3.63, 3.8) is 0 Å². The van der Waals surface area contributed by atoms with Crippen LogP contribution in [0.2, 0.25) is 0 Å². The minimum absolute atomic E-state index is 0.163. The summed E-state index contributed by atoms with van der Waals surface area (Å²) in [6, 6.07) is 0. The number of rotatable bonds is 8. The maximum atomic E-state index is 12.2. The minimum atomic E-state index is -1.75. The Morgan fingerprint density at radius 3 is 1.98 bits per heavy atom. The second-order valence-corrected chi connectivity index (χ2v) is 24.0. The molecule has 0 aromatic heterocycles. The Kier molecular flexibility index (Phi) is 12.5. The van der Waals surface area contributed by atoms with Crippen molar-refractivity contribution < 1.29 is 84.2 Å². The maximum absolute atomic E-state index is 12.2. The zero-order valence-electron chi connectivity index (χ0n) is 39.3. The molecule has 4 saturated heterocycles.